The zero-order chi connectivity index (χ0) is 14.7. The summed E-state index contributed by atoms with van der Waals surface area (Å²) in [6.07, 6.45) is 12.6. The molecule has 3 heteroatoms. The summed E-state index contributed by atoms with van der Waals surface area (Å²) in [7, 11) is 2.33. The number of hydrogen-bond acceptors (Lipinski definition) is 3. The van der Waals surface area contributed by atoms with E-state index < -0.39 is 0 Å². The Labute approximate surface area is 131 Å². The maximum Gasteiger partial charge on any atom is 0.0145 e. The second kappa shape index (κ2) is 6.97. The van der Waals surface area contributed by atoms with Crippen molar-refractivity contribution in [1.29, 1.82) is 0 Å². The lowest BCUT2D eigenvalue weighted by Crippen LogP contribution is -2.55. The molecule has 1 saturated carbocycles. The molecule has 0 aromatic heterocycles. The molecule has 0 amide bonds. The Hall–Kier alpha value is -0.120. The van der Waals surface area contributed by atoms with Crippen molar-refractivity contribution in [2.75, 3.05) is 39.8 Å². The number of nitrogens with zero attached hydrogens (tertiary/aromatic N) is 2. The molecule has 0 spiro atoms. The number of nitrogens with two attached hydrogens (primary N) is 1. The number of likely N-dealkylation sites (tertiary alicyclic amines) is 2. The van der Waals surface area contributed by atoms with Crippen LogP contribution in [0.2, 0.25) is 0 Å². The number of fused-ring (bicyclic) bond motifs is 1. The standard InChI is InChI=1S/C18H35N3/c1-20-11-6-7-16-13-21(12-8-17(16)20)15-18(14-19)9-4-2-3-5-10-18/h16-17H,2-15,19H2,1H3. The molecule has 2 atom stereocenters. The fraction of sp³-hybridized carbons (Fsp3) is 1.00. The normalized spacial score (nSPS) is 35.1. The molecule has 2 saturated heterocycles. The van der Waals surface area contributed by atoms with Crippen molar-refractivity contribution in [3.05, 3.63) is 0 Å². The smallest absolute Gasteiger partial charge is 0.0145 e. The van der Waals surface area contributed by atoms with Gasteiger partial charge < -0.3 is 15.5 Å². The third-order valence-corrected chi connectivity index (χ3v) is 6.59. The number of hydrogen-bond donors (Lipinski definition) is 1. The van der Waals surface area contributed by atoms with Gasteiger partial charge in [-0.3, -0.25) is 0 Å². The molecule has 0 aromatic rings. The van der Waals surface area contributed by atoms with Gasteiger partial charge in [-0.1, -0.05) is 25.7 Å². The van der Waals surface area contributed by atoms with Gasteiger partial charge in [0.25, 0.3) is 0 Å². The molecule has 122 valence electrons. The molecule has 0 radical (unpaired) electrons. The van der Waals surface area contributed by atoms with E-state index >= 15 is 0 Å². The molecular weight excluding hydrogens is 258 g/mol. The van der Waals surface area contributed by atoms with Crippen molar-refractivity contribution < 1.29 is 0 Å². The van der Waals surface area contributed by atoms with E-state index in [1.165, 1.54) is 84.0 Å². The van der Waals surface area contributed by atoms with E-state index in [2.05, 4.69) is 16.8 Å². The maximum atomic E-state index is 6.24. The van der Waals surface area contributed by atoms with Crippen molar-refractivity contribution in [1.82, 2.24) is 9.80 Å². The topological polar surface area (TPSA) is 32.5 Å². The van der Waals surface area contributed by atoms with E-state index in [1.54, 1.807) is 0 Å². The summed E-state index contributed by atoms with van der Waals surface area (Å²) in [6.45, 7) is 6.12. The van der Waals surface area contributed by atoms with Crippen LogP contribution in [0.1, 0.15) is 57.8 Å². The summed E-state index contributed by atoms with van der Waals surface area (Å²) in [5.41, 5.74) is 6.68. The van der Waals surface area contributed by atoms with Gasteiger partial charge in [0.15, 0.2) is 0 Å². The summed E-state index contributed by atoms with van der Waals surface area (Å²) in [6, 6.07) is 0.859. The molecule has 3 rings (SSSR count). The molecule has 0 bridgehead atoms. The van der Waals surface area contributed by atoms with E-state index in [0.717, 1.165) is 18.5 Å². The van der Waals surface area contributed by atoms with Crippen molar-refractivity contribution in [2.24, 2.45) is 17.1 Å². The lowest BCUT2D eigenvalue weighted by atomic mass is 9.78. The van der Waals surface area contributed by atoms with E-state index in [0.29, 0.717) is 5.41 Å². The molecule has 0 aromatic carbocycles. The van der Waals surface area contributed by atoms with Gasteiger partial charge in [0.05, 0.1) is 0 Å². The second-order valence-corrected chi connectivity index (χ2v) is 8.09. The zero-order valence-corrected chi connectivity index (χ0v) is 14.0. The first-order valence-corrected chi connectivity index (χ1v) is 9.35. The highest BCUT2D eigenvalue weighted by Gasteiger charge is 2.37. The second-order valence-electron chi connectivity index (χ2n) is 8.09. The highest BCUT2D eigenvalue weighted by atomic mass is 15.2. The molecule has 21 heavy (non-hydrogen) atoms. The first-order valence-electron chi connectivity index (χ1n) is 9.35. The summed E-state index contributed by atoms with van der Waals surface area (Å²) >= 11 is 0. The zero-order valence-electron chi connectivity index (χ0n) is 14.0. The molecular formula is C18H35N3. The molecule has 2 unspecified atom stereocenters. The minimum atomic E-state index is 0.434. The van der Waals surface area contributed by atoms with Crippen LogP contribution in [0.4, 0.5) is 0 Å². The molecule has 2 heterocycles. The molecule has 2 N–H and O–H groups in total. The molecule has 1 aliphatic carbocycles. The Bertz CT molecular complexity index is 322. The predicted molar refractivity (Wildman–Crippen MR) is 89.4 cm³/mol. The van der Waals surface area contributed by atoms with Crippen LogP contribution in [-0.4, -0.2) is 55.6 Å². The maximum absolute atomic E-state index is 6.24. The predicted octanol–water partition coefficient (Wildman–Crippen LogP) is 2.70. The monoisotopic (exact) mass is 293 g/mol. The van der Waals surface area contributed by atoms with Gasteiger partial charge >= 0.3 is 0 Å². The van der Waals surface area contributed by atoms with Crippen LogP contribution in [0.15, 0.2) is 0 Å². The van der Waals surface area contributed by atoms with Gasteiger partial charge in [0, 0.05) is 19.1 Å². The summed E-state index contributed by atoms with van der Waals surface area (Å²) in [5.74, 6) is 0.915. The molecule has 3 nitrogen and oxygen atoms in total. The van der Waals surface area contributed by atoms with Gasteiger partial charge in [-0.15, -0.1) is 0 Å². The first-order chi connectivity index (χ1) is 10.2. The fourth-order valence-corrected chi connectivity index (χ4v) is 5.25. The fourth-order valence-electron chi connectivity index (χ4n) is 5.25. The first kappa shape index (κ1) is 15.8. The summed E-state index contributed by atoms with van der Waals surface area (Å²) in [4.78, 5) is 5.40. The Morgan fingerprint density at radius 1 is 1.00 bits per heavy atom. The van der Waals surface area contributed by atoms with Gasteiger partial charge in [-0.2, -0.15) is 0 Å². The minimum absolute atomic E-state index is 0.434. The highest BCUT2D eigenvalue weighted by Crippen LogP contribution is 2.37. The average Bonchev–Trinajstić information content (AvgIpc) is 2.74. The van der Waals surface area contributed by atoms with E-state index in [9.17, 15) is 0 Å². The van der Waals surface area contributed by atoms with Crippen LogP contribution in [0.3, 0.4) is 0 Å². The van der Waals surface area contributed by atoms with Gasteiger partial charge in [0.1, 0.15) is 0 Å². The van der Waals surface area contributed by atoms with Gasteiger partial charge in [-0.25, -0.2) is 0 Å². The SMILES string of the molecule is CN1CCCC2CN(CC3(CN)CCCCCC3)CCC21. The van der Waals surface area contributed by atoms with Crippen molar-refractivity contribution in [2.45, 2.75) is 63.8 Å². The van der Waals surface area contributed by atoms with Crippen LogP contribution in [0.5, 0.6) is 0 Å². The minimum Gasteiger partial charge on any atom is -0.330 e. The Morgan fingerprint density at radius 2 is 1.76 bits per heavy atom. The average molecular weight is 293 g/mol. The largest absolute Gasteiger partial charge is 0.330 e. The summed E-state index contributed by atoms with van der Waals surface area (Å²) in [5, 5.41) is 0. The molecule has 3 aliphatic rings. The van der Waals surface area contributed by atoms with E-state index in [1.807, 2.05) is 0 Å². The number of piperidine rings is 2. The quantitative estimate of drug-likeness (QED) is 0.812. The summed E-state index contributed by atoms with van der Waals surface area (Å²) < 4.78 is 0. The van der Waals surface area contributed by atoms with E-state index in [4.69, 9.17) is 5.73 Å². The van der Waals surface area contributed by atoms with Crippen LogP contribution in [-0.2, 0) is 0 Å². The highest BCUT2D eigenvalue weighted by molar-refractivity contribution is 4.92. The van der Waals surface area contributed by atoms with Crippen LogP contribution in [0.25, 0.3) is 0 Å². The Morgan fingerprint density at radius 3 is 2.48 bits per heavy atom. The van der Waals surface area contributed by atoms with Crippen molar-refractivity contribution >= 4 is 0 Å². The van der Waals surface area contributed by atoms with Crippen LogP contribution < -0.4 is 5.73 Å². The lowest BCUT2D eigenvalue weighted by molar-refractivity contribution is 0.0172. The molecule has 2 aliphatic heterocycles. The lowest BCUT2D eigenvalue weighted by Gasteiger charge is -2.48. The number of rotatable bonds is 3. The van der Waals surface area contributed by atoms with Gasteiger partial charge in [-0.05, 0) is 70.1 Å². The van der Waals surface area contributed by atoms with Gasteiger partial charge in [0.2, 0.25) is 0 Å². The third kappa shape index (κ3) is 3.62. The Kier molecular flexibility index (Phi) is 5.23. The van der Waals surface area contributed by atoms with Crippen molar-refractivity contribution in [3.63, 3.8) is 0 Å². The Balaban J connectivity index is 1.59. The van der Waals surface area contributed by atoms with Crippen LogP contribution >= 0.6 is 0 Å². The third-order valence-electron chi connectivity index (χ3n) is 6.59. The van der Waals surface area contributed by atoms with Crippen molar-refractivity contribution in [3.8, 4) is 0 Å². The van der Waals surface area contributed by atoms with E-state index in [-0.39, 0.29) is 0 Å². The molecule has 3 fully saturated rings. The van der Waals surface area contributed by atoms with Crippen LogP contribution in [0, 0.1) is 11.3 Å².